The zero-order valence-corrected chi connectivity index (χ0v) is 21.8. The second kappa shape index (κ2) is 12.1. The summed E-state index contributed by atoms with van der Waals surface area (Å²) in [5.41, 5.74) is 1.46. The second-order valence-electron chi connectivity index (χ2n) is 9.70. The molecule has 1 aliphatic rings. The fraction of sp³-hybridized carbons (Fsp3) is 0.300. The fourth-order valence-corrected chi connectivity index (χ4v) is 5.37. The highest BCUT2D eigenvalue weighted by molar-refractivity contribution is 6.02. The number of piperidine rings is 1. The maximum absolute atomic E-state index is 14.8. The Labute approximate surface area is 226 Å². The maximum Gasteiger partial charge on any atom is 0.406 e. The van der Waals surface area contributed by atoms with E-state index in [9.17, 15) is 29.0 Å². The van der Waals surface area contributed by atoms with Crippen LogP contribution in [0.5, 0.6) is 11.5 Å². The Morgan fingerprint density at radius 2 is 1.46 bits per heavy atom. The predicted octanol–water partition coefficient (Wildman–Crippen LogP) is 4.30. The summed E-state index contributed by atoms with van der Waals surface area (Å²) < 4.78 is 19.4. The van der Waals surface area contributed by atoms with Gasteiger partial charge in [0.25, 0.3) is 0 Å². The van der Waals surface area contributed by atoms with Crippen LogP contribution >= 0.6 is 0 Å². The van der Waals surface area contributed by atoms with Crippen molar-refractivity contribution in [2.75, 3.05) is 33.3 Å². The van der Waals surface area contributed by atoms with Crippen molar-refractivity contribution in [2.24, 2.45) is 11.8 Å². The van der Waals surface area contributed by atoms with E-state index in [0.717, 1.165) is 0 Å². The first-order valence-electron chi connectivity index (χ1n) is 12.6. The zero-order chi connectivity index (χ0) is 28.1. The molecule has 0 unspecified atom stereocenters. The molecule has 2 atom stereocenters. The first-order valence-corrected chi connectivity index (χ1v) is 12.6. The van der Waals surface area contributed by atoms with Crippen LogP contribution in [0.4, 0.5) is 9.18 Å². The Morgan fingerprint density at radius 1 is 0.923 bits per heavy atom. The molecular weight excluding hydrogens is 503 g/mol. The average Bonchev–Trinajstić information content (AvgIpc) is 2.93. The van der Waals surface area contributed by atoms with Crippen LogP contribution in [-0.2, 0) is 4.74 Å². The van der Waals surface area contributed by atoms with Gasteiger partial charge in [-0.05, 0) is 48.4 Å². The smallest absolute Gasteiger partial charge is 0.406 e. The van der Waals surface area contributed by atoms with E-state index >= 15 is 0 Å². The number of phenols is 2. The van der Waals surface area contributed by atoms with Crippen molar-refractivity contribution in [3.05, 3.63) is 94.8 Å². The van der Waals surface area contributed by atoms with Crippen molar-refractivity contribution in [3.8, 4) is 11.5 Å². The molecule has 0 radical (unpaired) electrons. The molecule has 4 rings (SSSR count). The van der Waals surface area contributed by atoms with Crippen LogP contribution in [0.15, 0.2) is 66.7 Å². The van der Waals surface area contributed by atoms with Crippen LogP contribution < -0.4 is 5.32 Å². The van der Waals surface area contributed by atoms with Gasteiger partial charge in [-0.2, -0.15) is 0 Å². The molecule has 0 bridgehead atoms. The number of Topliss-reactive ketones (excluding diaryl/α,β-unsaturated/α-hetero) is 2. The van der Waals surface area contributed by atoms with Crippen molar-refractivity contribution < 1.29 is 33.7 Å². The van der Waals surface area contributed by atoms with Crippen molar-refractivity contribution in [1.82, 2.24) is 10.2 Å². The number of amides is 1. The van der Waals surface area contributed by atoms with E-state index in [-0.39, 0.29) is 53.8 Å². The number of nitrogens with zero attached hydrogens (tertiary/aromatic N) is 1. The van der Waals surface area contributed by atoms with Gasteiger partial charge in [0.2, 0.25) is 0 Å². The van der Waals surface area contributed by atoms with E-state index in [1.165, 1.54) is 37.4 Å². The number of ketones is 2. The summed E-state index contributed by atoms with van der Waals surface area (Å²) in [6.07, 6.45) is -0.597. The summed E-state index contributed by atoms with van der Waals surface area (Å²) >= 11 is 0. The van der Waals surface area contributed by atoms with E-state index < -0.39 is 29.7 Å². The maximum atomic E-state index is 14.8. The number of halogens is 1. The Morgan fingerprint density at radius 3 is 1.97 bits per heavy atom. The molecular formula is C30H31FN2O6. The van der Waals surface area contributed by atoms with Crippen molar-refractivity contribution >= 4 is 17.7 Å². The number of alkyl carbamates (subject to hydrolysis) is 1. The van der Waals surface area contributed by atoms with Gasteiger partial charge in [-0.3, -0.25) is 9.59 Å². The highest BCUT2D eigenvalue weighted by Gasteiger charge is 2.45. The molecule has 0 spiro atoms. The largest absolute Gasteiger partial charge is 0.508 e. The molecule has 1 heterocycles. The van der Waals surface area contributed by atoms with Crippen LogP contribution in [0.2, 0.25) is 0 Å². The SMILES string of the molecule is COC(=O)NCCN1C[C@H](C(=O)c2cccc(O)c2)C(c2cccc(F)c2C)[C@@H](C(=O)c2cccc(O)c2)C1. The van der Waals surface area contributed by atoms with E-state index in [1.807, 2.05) is 4.90 Å². The van der Waals surface area contributed by atoms with Gasteiger partial charge < -0.3 is 25.2 Å². The number of ether oxygens (including phenoxy) is 1. The summed E-state index contributed by atoms with van der Waals surface area (Å²) in [7, 11) is 1.26. The highest BCUT2D eigenvalue weighted by atomic mass is 19.1. The average molecular weight is 535 g/mol. The Balaban J connectivity index is 1.81. The number of carbonyl (C=O) groups is 3. The van der Waals surface area contributed by atoms with E-state index in [2.05, 4.69) is 10.1 Å². The molecule has 3 aromatic carbocycles. The molecule has 0 aromatic heterocycles. The summed E-state index contributed by atoms with van der Waals surface area (Å²) in [5, 5.41) is 22.7. The third-order valence-electron chi connectivity index (χ3n) is 7.26. The molecule has 0 aliphatic carbocycles. The molecule has 9 heteroatoms. The zero-order valence-electron chi connectivity index (χ0n) is 21.8. The number of benzene rings is 3. The number of aromatic hydroxyl groups is 2. The number of rotatable bonds is 8. The van der Waals surface area contributed by atoms with Crippen LogP contribution in [0.1, 0.15) is 37.8 Å². The van der Waals surface area contributed by atoms with Crippen LogP contribution in [0.3, 0.4) is 0 Å². The van der Waals surface area contributed by atoms with E-state index in [0.29, 0.717) is 17.7 Å². The molecule has 3 N–H and O–H groups in total. The summed E-state index contributed by atoms with van der Waals surface area (Å²) in [5.74, 6) is -3.39. The Bertz CT molecular complexity index is 1310. The molecule has 204 valence electrons. The third-order valence-corrected chi connectivity index (χ3v) is 7.26. The van der Waals surface area contributed by atoms with Crippen LogP contribution in [0.25, 0.3) is 0 Å². The minimum atomic E-state index is -0.773. The number of hydrogen-bond donors (Lipinski definition) is 3. The summed E-state index contributed by atoms with van der Waals surface area (Å²) in [6.45, 7) is 2.65. The first-order chi connectivity index (χ1) is 18.7. The van der Waals surface area contributed by atoms with Gasteiger partial charge >= 0.3 is 6.09 Å². The molecule has 3 aromatic rings. The molecule has 1 saturated heterocycles. The van der Waals surface area contributed by atoms with E-state index in [4.69, 9.17) is 0 Å². The lowest BCUT2D eigenvalue weighted by atomic mass is 9.68. The number of phenolic OH excluding ortho intramolecular Hbond substituents is 2. The second-order valence-corrected chi connectivity index (χ2v) is 9.70. The third kappa shape index (κ3) is 6.26. The number of methoxy groups -OCH3 is 1. The molecule has 1 aliphatic heterocycles. The van der Waals surface area contributed by atoms with Gasteiger partial charge in [-0.25, -0.2) is 9.18 Å². The molecule has 0 saturated carbocycles. The first kappa shape index (κ1) is 27.8. The standard InChI is InChI=1S/C30H31FN2O6/c1-18-23(10-5-11-26(18)31)27-24(28(36)19-6-3-8-21(34)14-19)16-33(13-12-32-30(38)39-2)17-25(27)29(37)20-7-4-9-22(35)15-20/h3-11,14-15,24-25,27,34-35H,12-13,16-17H2,1-2H3,(H,32,38)/t24-,25-/m0/s1. The normalized spacial score (nSPS) is 17.9. The molecule has 1 amide bonds. The highest BCUT2D eigenvalue weighted by Crippen LogP contribution is 2.42. The van der Waals surface area contributed by atoms with Gasteiger partial charge in [-0.15, -0.1) is 0 Å². The van der Waals surface area contributed by atoms with Gasteiger partial charge in [0, 0.05) is 55.1 Å². The quantitative estimate of drug-likeness (QED) is 0.369. The van der Waals surface area contributed by atoms with E-state index in [1.54, 1.807) is 43.3 Å². The molecule has 8 nitrogen and oxygen atoms in total. The fourth-order valence-electron chi connectivity index (χ4n) is 5.37. The summed E-state index contributed by atoms with van der Waals surface area (Å²) in [6, 6.07) is 16.7. The Hall–Kier alpha value is -4.24. The van der Waals surface area contributed by atoms with Crippen molar-refractivity contribution in [2.45, 2.75) is 12.8 Å². The van der Waals surface area contributed by atoms with Gasteiger partial charge in [-0.1, -0.05) is 36.4 Å². The van der Waals surface area contributed by atoms with Gasteiger partial charge in [0.15, 0.2) is 11.6 Å². The van der Waals surface area contributed by atoms with Gasteiger partial charge in [0.1, 0.15) is 17.3 Å². The number of carbonyl (C=O) groups excluding carboxylic acids is 3. The molecule has 39 heavy (non-hydrogen) atoms. The minimum Gasteiger partial charge on any atom is -0.508 e. The lowest BCUT2D eigenvalue weighted by Gasteiger charge is -2.43. The predicted molar refractivity (Wildman–Crippen MR) is 143 cm³/mol. The van der Waals surface area contributed by atoms with Crippen LogP contribution in [0, 0.1) is 24.6 Å². The number of nitrogens with one attached hydrogen (secondary N) is 1. The van der Waals surface area contributed by atoms with Gasteiger partial charge in [0.05, 0.1) is 7.11 Å². The number of hydrogen-bond acceptors (Lipinski definition) is 7. The Kier molecular flexibility index (Phi) is 8.61. The number of likely N-dealkylation sites (tertiary alicyclic amines) is 1. The van der Waals surface area contributed by atoms with Crippen LogP contribution in [-0.4, -0.2) is 66.1 Å². The molecule has 1 fully saturated rings. The van der Waals surface area contributed by atoms with Crippen molar-refractivity contribution in [3.63, 3.8) is 0 Å². The monoisotopic (exact) mass is 534 g/mol. The topological polar surface area (TPSA) is 116 Å². The lowest BCUT2D eigenvalue weighted by Crippen LogP contribution is -2.52. The minimum absolute atomic E-state index is 0.0679. The summed E-state index contributed by atoms with van der Waals surface area (Å²) in [4.78, 5) is 41.5. The van der Waals surface area contributed by atoms with Crippen molar-refractivity contribution in [1.29, 1.82) is 0 Å². The lowest BCUT2D eigenvalue weighted by molar-refractivity contribution is 0.0571.